The van der Waals surface area contributed by atoms with E-state index >= 15 is 0 Å². The van der Waals surface area contributed by atoms with Gasteiger partial charge in [0.25, 0.3) is 5.91 Å². The molecule has 1 amide bonds. The van der Waals surface area contributed by atoms with Crippen LogP contribution in [0.4, 0.5) is 5.82 Å². The van der Waals surface area contributed by atoms with Gasteiger partial charge in [0, 0.05) is 12.7 Å². The van der Waals surface area contributed by atoms with E-state index in [2.05, 4.69) is 20.3 Å². The second kappa shape index (κ2) is 15.1. The lowest BCUT2D eigenvalue weighted by atomic mass is 9.80. The highest BCUT2D eigenvalue weighted by Crippen LogP contribution is 2.42. The van der Waals surface area contributed by atoms with E-state index in [0.29, 0.717) is 28.2 Å². The Kier molecular flexibility index (Phi) is 10.2. The number of nitrogens with one attached hydrogen (secondary N) is 1. The number of anilines is 1. The Bertz CT molecular complexity index is 1920. The first kappa shape index (κ1) is 33.3. The van der Waals surface area contributed by atoms with E-state index in [9.17, 15) is 9.90 Å². The molecule has 0 bridgehead atoms. The molecular formula is C38H37N5O6. The molecule has 2 aromatic heterocycles. The minimum absolute atomic E-state index is 0.0185. The SMILES string of the molecule is COc1ccc(C(OC[C@@H](OC)[C@@H](O)Cn2cnc3c(NC(=O)c4ccccc4)ncnc32)(c2ccccc2)c2ccc(OC)cc2)cc1. The maximum atomic E-state index is 12.8. The smallest absolute Gasteiger partial charge is 0.256 e. The summed E-state index contributed by atoms with van der Waals surface area (Å²) in [4.78, 5) is 25.9. The van der Waals surface area contributed by atoms with Crippen molar-refractivity contribution >= 4 is 22.9 Å². The van der Waals surface area contributed by atoms with Crippen LogP contribution in [0.5, 0.6) is 11.5 Å². The minimum atomic E-state index is -1.09. The number of fused-ring (bicyclic) bond motifs is 1. The van der Waals surface area contributed by atoms with Crippen LogP contribution >= 0.6 is 0 Å². The van der Waals surface area contributed by atoms with Crippen LogP contribution in [-0.2, 0) is 21.6 Å². The van der Waals surface area contributed by atoms with Gasteiger partial charge >= 0.3 is 0 Å². The van der Waals surface area contributed by atoms with Crippen LogP contribution < -0.4 is 14.8 Å². The van der Waals surface area contributed by atoms with Crippen LogP contribution in [0.3, 0.4) is 0 Å². The average molecular weight is 660 g/mol. The van der Waals surface area contributed by atoms with Gasteiger partial charge in [-0.3, -0.25) is 4.79 Å². The Morgan fingerprint density at radius 1 is 0.776 bits per heavy atom. The number of carbonyl (C=O) groups is 1. The molecule has 6 aromatic rings. The average Bonchev–Trinajstić information content (AvgIpc) is 3.57. The number of hydrogen-bond acceptors (Lipinski definition) is 9. The van der Waals surface area contributed by atoms with Crippen molar-refractivity contribution in [1.82, 2.24) is 19.5 Å². The number of aromatic nitrogens is 4. The minimum Gasteiger partial charge on any atom is -0.497 e. The van der Waals surface area contributed by atoms with Gasteiger partial charge in [-0.05, 0) is 53.1 Å². The van der Waals surface area contributed by atoms with E-state index in [1.54, 1.807) is 49.4 Å². The van der Waals surface area contributed by atoms with E-state index < -0.39 is 17.8 Å². The monoisotopic (exact) mass is 659 g/mol. The van der Waals surface area contributed by atoms with E-state index in [-0.39, 0.29) is 24.9 Å². The zero-order valence-electron chi connectivity index (χ0n) is 27.4. The van der Waals surface area contributed by atoms with Crippen LogP contribution in [0.2, 0.25) is 0 Å². The van der Waals surface area contributed by atoms with Gasteiger partial charge in [-0.15, -0.1) is 0 Å². The summed E-state index contributed by atoms with van der Waals surface area (Å²) < 4.78 is 25.4. The summed E-state index contributed by atoms with van der Waals surface area (Å²) in [5.41, 5.74) is 2.85. The molecule has 0 fully saturated rings. The first-order chi connectivity index (χ1) is 24.0. The molecule has 6 rings (SSSR count). The molecule has 0 saturated carbocycles. The summed E-state index contributed by atoms with van der Waals surface area (Å²) in [7, 11) is 4.79. The lowest BCUT2D eigenvalue weighted by Gasteiger charge is -2.37. The van der Waals surface area contributed by atoms with Crippen molar-refractivity contribution in [2.24, 2.45) is 0 Å². The zero-order chi connectivity index (χ0) is 34.2. The zero-order valence-corrected chi connectivity index (χ0v) is 27.4. The van der Waals surface area contributed by atoms with Gasteiger partial charge in [-0.2, -0.15) is 0 Å². The Hall–Kier alpha value is -5.62. The third-order valence-electron chi connectivity index (χ3n) is 8.42. The van der Waals surface area contributed by atoms with Gasteiger partial charge in [-0.1, -0.05) is 72.8 Å². The van der Waals surface area contributed by atoms with Crippen molar-refractivity contribution in [2.75, 3.05) is 33.3 Å². The molecule has 11 heteroatoms. The normalized spacial score (nSPS) is 12.7. The number of carbonyl (C=O) groups excluding carboxylic acids is 1. The number of aliphatic hydroxyl groups excluding tert-OH is 1. The van der Waals surface area contributed by atoms with E-state index in [1.807, 2.05) is 84.9 Å². The second-order valence-electron chi connectivity index (χ2n) is 11.3. The van der Waals surface area contributed by atoms with Crippen molar-refractivity contribution in [2.45, 2.75) is 24.4 Å². The fraction of sp³-hybridized carbons (Fsp3) is 0.211. The molecule has 250 valence electrons. The Morgan fingerprint density at radius 3 is 1.92 bits per heavy atom. The molecule has 2 atom stereocenters. The fourth-order valence-corrected chi connectivity index (χ4v) is 5.81. The first-order valence-corrected chi connectivity index (χ1v) is 15.7. The van der Waals surface area contributed by atoms with Gasteiger partial charge in [0.15, 0.2) is 17.0 Å². The number of imidazole rings is 1. The number of methoxy groups -OCH3 is 3. The van der Waals surface area contributed by atoms with Crippen LogP contribution in [0.15, 0.2) is 122 Å². The highest BCUT2D eigenvalue weighted by molar-refractivity contribution is 6.06. The van der Waals surface area contributed by atoms with Crippen LogP contribution in [0, 0.1) is 0 Å². The number of aliphatic hydroxyl groups is 1. The number of amides is 1. The van der Waals surface area contributed by atoms with E-state index in [4.69, 9.17) is 18.9 Å². The van der Waals surface area contributed by atoms with Crippen LogP contribution in [-0.4, -0.2) is 70.7 Å². The van der Waals surface area contributed by atoms with Crippen molar-refractivity contribution in [1.29, 1.82) is 0 Å². The van der Waals surface area contributed by atoms with Gasteiger partial charge in [0.2, 0.25) is 0 Å². The van der Waals surface area contributed by atoms with Gasteiger partial charge in [0.1, 0.15) is 35.6 Å². The number of benzene rings is 4. The van der Waals surface area contributed by atoms with Crippen LogP contribution in [0.25, 0.3) is 11.2 Å². The summed E-state index contributed by atoms with van der Waals surface area (Å²) in [6.45, 7) is 0.107. The molecule has 11 nitrogen and oxygen atoms in total. The molecule has 0 aliphatic heterocycles. The lowest BCUT2D eigenvalue weighted by Crippen LogP contribution is -2.41. The maximum Gasteiger partial charge on any atom is 0.256 e. The Balaban J connectivity index is 1.29. The number of hydrogen-bond donors (Lipinski definition) is 2. The second-order valence-corrected chi connectivity index (χ2v) is 11.3. The van der Waals surface area contributed by atoms with Crippen molar-refractivity contribution in [3.05, 3.63) is 144 Å². The topological polar surface area (TPSA) is 130 Å². The quantitative estimate of drug-likeness (QED) is 0.146. The molecule has 2 N–H and O–H groups in total. The number of nitrogens with zero attached hydrogens (tertiary/aromatic N) is 4. The van der Waals surface area contributed by atoms with Gasteiger partial charge in [-0.25, -0.2) is 15.0 Å². The molecular weight excluding hydrogens is 622 g/mol. The molecule has 0 saturated heterocycles. The summed E-state index contributed by atoms with van der Waals surface area (Å²) in [6, 6.07) is 34.2. The van der Waals surface area contributed by atoms with E-state index in [0.717, 1.165) is 16.7 Å². The van der Waals surface area contributed by atoms with Crippen molar-refractivity contribution in [3.63, 3.8) is 0 Å². The molecule has 0 unspecified atom stereocenters. The third kappa shape index (κ3) is 7.00. The lowest BCUT2D eigenvalue weighted by molar-refractivity contribution is -0.0967. The molecule has 4 aromatic carbocycles. The molecule has 2 heterocycles. The number of ether oxygens (including phenoxy) is 4. The highest BCUT2D eigenvalue weighted by Gasteiger charge is 2.39. The molecule has 49 heavy (non-hydrogen) atoms. The first-order valence-electron chi connectivity index (χ1n) is 15.7. The fourth-order valence-electron chi connectivity index (χ4n) is 5.81. The van der Waals surface area contributed by atoms with Gasteiger partial charge < -0.3 is 33.9 Å². The number of rotatable bonds is 14. The highest BCUT2D eigenvalue weighted by atomic mass is 16.5. The standard InChI is InChI=1S/C38H37N5O6/c1-46-30-18-14-28(15-19-30)38(27-12-8-5-9-13-27,29-16-20-31(47-2)21-17-29)49-23-33(48-3)32(44)22-43-25-41-34-35(39-24-40-36(34)43)42-37(45)26-10-6-4-7-11-26/h4-21,24-25,32-33,44H,22-23H2,1-3H3,(H,39,40,42,45)/t32-,33+/m0/s1. The third-order valence-corrected chi connectivity index (χ3v) is 8.42. The summed E-state index contributed by atoms with van der Waals surface area (Å²) >= 11 is 0. The van der Waals surface area contributed by atoms with E-state index in [1.165, 1.54) is 13.4 Å². The van der Waals surface area contributed by atoms with Gasteiger partial charge in [0.05, 0.1) is 33.7 Å². The van der Waals surface area contributed by atoms with Crippen molar-refractivity contribution < 1.29 is 28.8 Å². The predicted molar refractivity (Wildman–Crippen MR) is 185 cm³/mol. The van der Waals surface area contributed by atoms with Crippen molar-refractivity contribution in [3.8, 4) is 11.5 Å². The molecule has 0 aliphatic carbocycles. The summed E-state index contributed by atoms with van der Waals surface area (Å²) in [6.07, 6.45) is 1.12. The summed E-state index contributed by atoms with van der Waals surface area (Å²) in [5.74, 6) is 1.38. The largest absolute Gasteiger partial charge is 0.497 e. The molecule has 0 radical (unpaired) electrons. The molecule has 0 aliphatic rings. The Labute approximate surface area is 284 Å². The molecule has 0 spiro atoms. The predicted octanol–water partition coefficient (Wildman–Crippen LogP) is 5.48. The summed E-state index contributed by atoms with van der Waals surface area (Å²) in [5, 5.41) is 14.4. The van der Waals surface area contributed by atoms with Crippen LogP contribution in [0.1, 0.15) is 27.0 Å². The maximum absolute atomic E-state index is 12.8. The Morgan fingerprint density at radius 2 is 1.35 bits per heavy atom.